The minimum Gasteiger partial charge on any atom is -0.497 e. The molecule has 188 valence electrons. The molecule has 5 rings (SSSR count). The molecule has 2 aliphatic heterocycles. The van der Waals surface area contributed by atoms with Crippen LogP contribution in [0.15, 0.2) is 73.2 Å². The third kappa shape index (κ3) is 5.09. The third-order valence-electron chi connectivity index (χ3n) is 7.16. The van der Waals surface area contributed by atoms with Crippen LogP contribution in [0.4, 0.5) is 10.5 Å². The van der Waals surface area contributed by atoms with Crippen molar-refractivity contribution in [1.29, 1.82) is 0 Å². The van der Waals surface area contributed by atoms with E-state index >= 15 is 0 Å². The highest BCUT2D eigenvalue weighted by atomic mass is 16.5. The molecule has 1 aromatic heterocycles. The fraction of sp³-hybridized carbons (Fsp3) is 0.357. The molecule has 2 aromatic carbocycles. The number of hydrogen-bond donors (Lipinski definition) is 0. The van der Waals surface area contributed by atoms with Gasteiger partial charge in [-0.15, -0.1) is 0 Å². The Kier molecular flexibility index (Phi) is 6.69. The van der Waals surface area contributed by atoms with Crippen molar-refractivity contribution in [2.45, 2.75) is 13.5 Å². The van der Waals surface area contributed by atoms with Crippen molar-refractivity contribution in [3.63, 3.8) is 0 Å². The molecular weight excluding hydrogens is 454 g/mol. The van der Waals surface area contributed by atoms with Gasteiger partial charge in [-0.2, -0.15) is 9.78 Å². The number of methoxy groups -OCH3 is 1. The van der Waals surface area contributed by atoms with Crippen LogP contribution in [0.5, 0.6) is 17.2 Å². The van der Waals surface area contributed by atoms with Gasteiger partial charge in [-0.25, -0.2) is 4.79 Å². The molecule has 0 spiro atoms. The van der Waals surface area contributed by atoms with E-state index in [0.29, 0.717) is 11.8 Å². The SMILES string of the molecule is C=C(C)N(C)c1cnn(C(=O)N2CC3CN(Cc4cccc(Oc5ccc(OC)cc5)c4)CC3C2)c1. The Hall–Kier alpha value is -3.78. The Morgan fingerprint density at radius 1 is 1.06 bits per heavy atom. The number of amides is 1. The molecule has 3 heterocycles. The second kappa shape index (κ2) is 10.1. The van der Waals surface area contributed by atoms with Crippen molar-refractivity contribution in [3.05, 3.63) is 78.8 Å². The molecule has 2 atom stereocenters. The van der Waals surface area contributed by atoms with Crippen molar-refractivity contribution >= 4 is 11.7 Å². The second-order valence-electron chi connectivity index (χ2n) is 9.76. The number of rotatable bonds is 7. The van der Waals surface area contributed by atoms with Crippen LogP contribution in [-0.4, -0.2) is 65.9 Å². The van der Waals surface area contributed by atoms with Crippen LogP contribution in [0.3, 0.4) is 0 Å². The zero-order chi connectivity index (χ0) is 25.2. The molecule has 1 amide bonds. The number of ether oxygens (including phenoxy) is 2. The summed E-state index contributed by atoms with van der Waals surface area (Å²) in [7, 11) is 3.57. The maximum absolute atomic E-state index is 13.0. The summed E-state index contributed by atoms with van der Waals surface area (Å²) in [5.74, 6) is 3.39. The Bertz CT molecular complexity index is 1220. The Morgan fingerprint density at radius 2 is 1.75 bits per heavy atom. The number of allylic oxidation sites excluding steroid dienone is 1. The van der Waals surface area contributed by atoms with E-state index in [0.717, 1.165) is 61.4 Å². The molecule has 2 saturated heterocycles. The van der Waals surface area contributed by atoms with Gasteiger partial charge in [-0.3, -0.25) is 4.90 Å². The molecule has 8 nitrogen and oxygen atoms in total. The molecule has 0 bridgehead atoms. The summed E-state index contributed by atoms with van der Waals surface area (Å²) in [5.41, 5.74) is 2.98. The lowest BCUT2D eigenvalue weighted by molar-refractivity contribution is 0.197. The van der Waals surface area contributed by atoms with Gasteiger partial charge in [-0.05, 0) is 60.7 Å². The molecule has 3 aromatic rings. The quantitative estimate of drug-likeness (QED) is 0.482. The van der Waals surface area contributed by atoms with Gasteiger partial charge in [0.25, 0.3) is 0 Å². The molecular formula is C28H33N5O3. The van der Waals surface area contributed by atoms with Gasteiger partial charge >= 0.3 is 6.03 Å². The second-order valence-corrected chi connectivity index (χ2v) is 9.76. The zero-order valence-corrected chi connectivity index (χ0v) is 21.1. The van der Waals surface area contributed by atoms with E-state index < -0.39 is 0 Å². The first-order chi connectivity index (χ1) is 17.4. The van der Waals surface area contributed by atoms with Crippen molar-refractivity contribution in [3.8, 4) is 17.2 Å². The van der Waals surface area contributed by atoms with Gasteiger partial charge in [-0.1, -0.05) is 18.7 Å². The molecule has 0 N–H and O–H groups in total. The topological polar surface area (TPSA) is 63.1 Å². The average molecular weight is 488 g/mol. The van der Waals surface area contributed by atoms with E-state index in [-0.39, 0.29) is 6.03 Å². The lowest BCUT2D eigenvalue weighted by atomic mass is 10.0. The van der Waals surface area contributed by atoms with Crippen LogP contribution in [0, 0.1) is 11.8 Å². The highest BCUT2D eigenvalue weighted by molar-refractivity contribution is 5.77. The maximum Gasteiger partial charge on any atom is 0.344 e. The number of carbonyl (C=O) groups is 1. The van der Waals surface area contributed by atoms with Gasteiger partial charge < -0.3 is 19.3 Å². The smallest absolute Gasteiger partial charge is 0.344 e. The lowest BCUT2D eigenvalue weighted by Gasteiger charge is -2.21. The van der Waals surface area contributed by atoms with E-state index in [4.69, 9.17) is 9.47 Å². The number of likely N-dealkylation sites (tertiary alicyclic amines) is 2. The number of anilines is 1. The van der Waals surface area contributed by atoms with Gasteiger partial charge in [0.15, 0.2) is 0 Å². The van der Waals surface area contributed by atoms with Crippen LogP contribution < -0.4 is 14.4 Å². The molecule has 0 aliphatic carbocycles. The van der Waals surface area contributed by atoms with Crippen LogP contribution in [0.1, 0.15) is 12.5 Å². The molecule has 0 saturated carbocycles. The molecule has 8 heteroatoms. The van der Waals surface area contributed by atoms with E-state index in [9.17, 15) is 4.79 Å². The maximum atomic E-state index is 13.0. The van der Waals surface area contributed by atoms with Crippen molar-refractivity contribution in [2.75, 3.05) is 45.2 Å². The Labute approximate surface area is 212 Å². The minimum absolute atomic E-state index is 0.0549. The number of benzene rings is 2. The van der Waals surface area contributed by atoms with Crippen molar-refractivity contribution in [1.82, 2.24) is 19.6 Å². The number of fused-ring (bicyclic) bond motifs is 1. The molecule has 2 aliphatic rings. The summed E-state index contributed by atoms with van der Waals surface area (Å²) in [6, 6.07) is 15.8. The van der Waals surface area contributed by atoms with Gasteiger partial charge in [0, 0.05) is 45.5 Å². The average Bonchev–Trinajstić information content (AvgIpc) is 3.59. The van der Waals surface area contributed by atoms with E-state index in [1.165, 1.54) is 10.2 Å². The fourth-order valence-electron chi connectivity index (χ4n) is 5.08. The fourth-order valence-corrected chi connectivity index (χ4v) is 5.08. The van der Waals surface area contributed by atoms with Crippen LogP contribution >= 0.6 is 0 Å². The summed E-state index contributed by atoms with van der Waals surface area (Å²) >= 11 is 0. The van der Waals surface area contributed by atoms with E-state index in [1.807, 2.05) is 60.2 Å². The zero-order valence-electron chi connectivity index (χ0n) is 21.1. The van der Waals surface area contributed by atoms with E-state index in [1.54, 1.807) is 19.5 Å². The standard InChI is InChI=1S/C28H33N5O3/c1-20(2)30(3)24-13-29-33(19-24)28(34)32-17-22-15-31(16-23(22)18-32)14-21-6-5-7-27(12-21)36-26-10-8-25(35-4)9-11-26/h5-13,19,22-23H,1,14-18H2,2-4H3. The highest BCUT2D eigenvalue weighted by Gasteiger charge is 2.42. The first-order valence-corrected chi connectivity index (χ1v) is 12.3. The minimum atomic E-state index is -0.0549. The lowest BCUT2D eigenvalue weighted by Crippen LogP contribution is -2.36. The highest BCUT2D eigenvalue weighted by Crippen LogP contribution is 2.33. The van der Waals surface area contributed by atoms with E-state index in [2.05, 4.69) is 28.7 Å². The summed E-state index contributed by atoms with van der Waals surface area (Å²) < 4.78 is 12.7. The summed E-state index contributed by atoms with van der Waals surface area (Å²) in [6.07, 6.45) is 3.48. The van der Waals surface area contributed by atoms with Gasteiger partial charge in [0.1, 0.15) is 17.2 Å². The summed E-state index contributed by atoms with van der Waals surface area (Å²) in [6.45, 7) is 10.3. The van der Waals surface area contributed by atoms with Crippen LogP contribution in [0.25, 0.3) is 0 Å². The van der Waals surface area contributed by atoms with Gasteiger partial charge in [0.05, 0.1) is 25.2 Å². The first-order valence-electron chi connectivity index (χ1n) is 12.3. The Balaban J connectivity index is 1.15. The predicted molar refractivity (Wildman–Crippen MR) is 140 cm³/mol. The monoisotopic (exact) mass is 487 g/mol. The number of carbonyl (C=O) groups excluding carboxylic acids is 1. The molecule has 36 heavy (non-hydrogen) atoms. The number of nitrogens with zero attached hydrogens (tertiary/aromatic N) is 5. The number of aromatic nitrogens is 2. The van der Waals surface area contributed by atoms with Crippen LogP contribution in [0.2, 0.25) is 0 Å². The number of hydrogen-bond acceptors (Lipinski definition) is 6. The first kappa shape index (κ1) is 23.9. The molecule has 0 radical (unpaired) electrons. The Morgan fingerprint density at radius 3 is 2.42 bits per heavy atom. The largest absolute Gasteiger partial charge is 0.497 e. The third-order valence-corrected chi connectivity index (χ3v) is 7.16. The van der Waals surface area contributed by atoms with Crippen LogP contribution in [-0.2, 0) is 6.54 Å². The molecule has 2 fully saturated rings. The normalized spacial score (nSPS) is 19.2. The van der Waals surface area contributed by atoms with Crippen molar-refractivity contribution < 1.29 is 14.3 Å². The van der Waals surface area contributed by atoms with Crippen molar-refractivity contribution in [2.24, 2.45) is 11.8 Å². The summed E-state index contributed by atoms with van der Waals surface area (Å²) in [5, 5.41) is 4.29. The van der Waals surface area contributed by atoms with Gasteiger partial charge in [0.2, 0.25) is 0 Å². The molecule has 2 unspecified atom stereocenters. The predicted octanol–water partition coefficient (Wildman–Crippen LogP) is 4.69. The summed E-state index contributed by atoms with van der Waals surface area (Å²) in [4.78, 5) is 19.4.